The molecule has 1 aromatic carbocycles. The van der Waals surface area contributed by atoms with Gasteiger partial charge in [0.05, 0.1) is 11.6 Å². The Hall–Kier alpha value is -2.41. The number of nitrogens with one attached hydrogen (secondary N) is 2. The second-order valence-electron chi connectivity index (χ2n) is 6.53. The van der Waals surface area contributed by atoms with Crippen molar-refractivity contribution in [2.75, 3.05) is 6.54 Å². The third kappa shape index (κ3) is 9.46. The molecule has 138 valence electrons. The number of alkyl carbamates (subject to hydrolysis) is 1. The zero-order chi connectivity index (χ0) is 18.7. The maximum absolute atomic E-state index is 11.7. The Kier molecular flexibility index (Phi) is 8.63. The maximum Gasteiger partial charge on any atom is 0.408 e. The summed E-state index contributed by atoms with van der Waals surface area (Å²) in [4.78, 5) is 39.2. The van der Waals surface area contributed by atoms with Crippen LogP contribution < -0.4 is 10.8 Å². The molecule has 0 aliphatic carbocycles. The lowest BCUT2D eigenvalue weighted by molar-refractivity contribution is -0.109. The third-order valence-corrected chi connectivity index (χ3v) is 3.08. The monoisotopic (exact) mass is 350 g/mol. The predicted octanol–water partition coefficient (Wildman–Crippen LogP) is 2.61. The quantitative estimate of drug-likeness (QED) is 0.404. The van der Waals surface area contributed by atoms with Gasteiger partial charge < -0.3 is 19.7 Å². The fourth-order valence-electron chi connectivity index (χ4n) is 1.94. The van der Waals surface area contributed by atoms with Gasteiger partial charge in [0.25, 0.3) is 0 Å². The van der Waals surface area contributed by atoms with E-state index in [1.54, 1.807) is 45.0 Å². The molecule has 0 saturated carbocycles. The van der Waals surface area contributed by atoms with E-state index < -0.39 is 23.7 Å². The van der Waals surface area contributed by atoms with E-state index in [4.69, 9.17) is 9.57 Å². The maximum atomic E-state index is 11.7. The molecule has 0 radical (unpaired) electrons. The van der Waals surface area contributed by atoms with E-state index in [1.807, 2.05) is 6.07 Å². The number of carbonyl (C=O) groups is 3. The second kappa shape index (κ2) is 10.5. The number of ether oxygens (including phenoxy) is 1. The molecular weight excluding hydrogens is 324 g/mol. The van der Waals surface area contributed by atoms with Crippen LogP contribution >= 0.6 is 0 Å². The predicted molar refractivity (Wildman–Crippen MR) is 92.9 cm³/mol. The Labute approximate surface area is 148 Å². The summed E-state index contributed by atoms with van der Waals surface area (Å²) >= 11 is 0. The van der Waals surface area contributed by atoms with Crippen molar-refractivity contribution in [2.24, 2.45) is 0 Å². The molecule has 0 aliphatic rings. The fourth-order valence-corrected chi connectivity index (χ4v) is 1.94. The van der Waals surface area contributed by atoms with Crippen molar-refractivity contribution < 1.29 is 24.0 Å². The highest BCUT2D eigenvalue weighted by Gasteiger charge is 2.18. The van der Waals surface area contributed by atoms with E-state index >= 15 is 0 Å². The zero-order valence-electron chi connectivity index (χ0n) is 14.9. The molecule has 2 N–H and O–H groups in total. The standard InChI is InChI=1S/C18H26N2O5/c1-18(2,3)24-17(23)20-15(13-21)11-7-8-12-19-25-16(22)14-9-5-4-6-10-14/h4-6,9-10,13,15,19H,7-8,11-12H2,1-3H3,(H,20,23). The normalized spacial score (nSPS) is 12.1. The number of benzene rings is 1. The van der Waals surface area contributed by atoms with Crippen LogP contribution in [0.3, 0.4) is 0 Å². The van der Waals surface area contributed by atoms with E-state index in [1.165, 1.54) is 0 Å². The summed E-state index contributed by atoms with van der Waals surface area (Å²) in [6.07, 6.45) is 1.92. The molecule has 1 aromatic rings. The second-order valence-corrected chi connectivity index (χ2v) is 6.53. The smallest absolute Gasteiger partial charge is 0.408 e. The van der Waals surface area contributed by atoms with Crippen molar-refractivity contribution in [2.45, 2.75) is 51.7 Å². The largest absolute Gasteiger partial charge is 0.444 e. The molecule has 0 saturated heterocycles. The van der Waals surface area contributed by atoms with E-state index in [2.05, 4.69) is 10.8 Å². The first-order chi connectivity index (χ1) is 11.8. The third-order valence-electron chi connectivity index (χ3n) is 3.08. The highest BCUT2D eigenvalue weighted by atomic mass is 16.7. The van der Waals surface area contributed by atoms with Gasteiger partial charge in [0.1, 0.15) is 11.9 Å². The van der Waals surface area contributed by atoms with Gasteiger partial charge in [-0.1, -0.05) is 18.2 Å². The van der Waals surface area contributed by atoms with Gasteiger partial charge in [-0.15, -0.1) is 0 Å². The lowest BCUT2D eigenvalue weighted by Gasteiger charge is -2.21. The van der Waals surface area contributed by atoms with Gasteiger partial charge in [-0.3, -0.25) is 0 Å². The van der Waals surface area contributed by atoms with Crippen LogP contribution in [0.1, 0.15) is 50.4 Å². The van der Waals surface area contributed by atoms with Crippen molar-refractivity contribution >= 4 is 18.3 Å². The van der Waals surface area contributed by atoms with Crippen LogP contribution in [0.4, 0.5) is 4.79 Å². The van der Waals surface area contributed by atoms with Gasteiger partial charge in [-0.2, -0.15) is 5.48 Å². The average molecular weight is 350 g/mol. The number of rotatable bonds is 9. The van der Waals surface area contributed by atoms with Gasteiger partial charge >= 0.3 is 12.1 Å². The minimum Gasteiger partial charge on any atom is -0.444 e. The van der Waals surface area contributed by atoms with E-state index in [0.29, 0.717) is 37.7 Å². The molecule has 0 heterocycles. The highest BCUT2D eigenvalue weighted by Crippen LogP contribution is 2.07. The van der Waals surface area contributed by atoms with Gasteiger partial charge in [-0.05, 0) is 52.2 Å². The fraction of sp³-hybridized carbons (Fsp3) is 0.500. The molecule has 7 heteroatoms. The van der Waals surface area contributed by atoms with E-state index in [-0.39, 0.29) is 0 Å². The summed E-state index contributed by atoms with van der Waals surface area (Å²) < 4.78 is 5.10. The zero-order valence-corrected chi connectivity index (χ0v) is 14.9. The molecular formula is C18H26N2O5. The molecule has 25 heavy (non-hydrogen) atoms. The number of aldehydes is 1. The lowest BCUT2D eigenvalue weighted by Crippen LogP contribution is -2.40. The molecule has 1 atom stereocenters. The van der Waals surface area contributed by atoms with Crippen molar-refractivity contribution in [3.8, 4) is 0 Å². The molecule has 7 nitrogen and oxygen atoms in total. The summed E-state index contributed by atoms with van der Waals surface area (Å²) in [6.45, 7) is 5.72. The molecule has 0 aromatic heterocycles. The number of carbonyl (C=O) groups excluding carboxylic acids is 3. The van der Waals surface area contributed by atoms with Crippen LogP contribution in [0.2, 0.25) is 0 Å². The summed E-state index contributed by atoms with van der Waals surface area (Å²) in [6, 6.07) is 8.07. The summed E-state index contributed by atoms with van der Waals surface area (Å²) in [5, 5.41) is 2.52. The minimum atomic E-state index is -0.612. The lowest BCUT2D eigenvalue weighted by atomic mass is 10.1. The Morgan fingerprint density at radius 2 is 1.84 bits per heavy atom. The molecule has 1 rings (SSSR count). The number of hydrogen-bond acceptors (Lipinski definition) is 6. The van der Waals surface area contributed by atoms with Crippen LogP contribution in [-0.2, 0) is 14.4 Å². The summed E-state index contributed by atoms with van der Waals surface area (Å²) in [5.74, 6) is -0.446. The van der Waals surface area contributed by atoms with Crippen molar-refractivity contribution in [3.05, 3.63) is 35.9 Å². The van der Waals surface area contributed by atoms with Gasteiger partial charge in [0.2, 0.25) is 0 Å². The molecule has 0 spiro atoms. The topological polar surface area (TPSA) is 93.7 Å². The Morgan fingerprint density at radius 3 is 2.44 bits per heavy atom. The average Bonchev–Trinajstić information content (AvgIpc) is 2.55. The molecule has 0 aliphatic heterocycles. The van der Waals surface area contributed by atoms with Crippen LogP contribution in [0.5, 0.6) is 0 Å². The Balaban J connectivity index is 2.16. The van der Waals surface area contributed by atoms with E-state index in [0.717, 1.165) is 0 Å². The Morgan fingerprint density at radius 1 is 1.16 bits per heavy atom. The first-order valence-electron chi connectivity index (χ1n) is 8.25. The molecule has 1 amide bonds. The summed E-state index contributed by atoms with van der Waals surface area (Å²) in [7, 11) is 0. The highest BCUT2D eigenvalue weighted by molar-refractivity contribution is 5.89. The van der Waals surface area contributed by atoms with Crippen LogP contribution in [-0.4, -0.2) is 36.5 Å². The van der Waals surface area contributed by atoms with Gasteiger partial charge in [0.15, 0.2) is 0 Å². The van der Waals surface area contributed by atoms with Crippen molar-refractivity contribution in [1.82, 2.24) is 10.8 Å². The van der Waals surface area contributed by atoms with Crippen LogP contribution in [0.15, 0.2) is 30.3 Å². The van der Waals surface area contributed by atoms with Gasteiger partial charge in [0, 0.05) is 6.54 Å². The molecule has 1 unspecified atom stereocenters. The van der Waals surface area contributed by atoms with Crippen molar-refractivity contribution in [3.63, 3.8) is 0 Å². The Bertz CT molecular complexity index is 554. The van der Waals surface area contributed by atoms with Gasteiger partial charge in [-0.25, -0.2) is 9.59 Å². The minimum absolute atomic E-state index is 0.446. The number of unbranched alkanes of at least 4 members (excludes halogenated alkanes) is 1. The van der Waals surface area contributed by atoms with Crippen LogP contribution in [0.25, 0.3) is 0 Å². The van der Waals surface area contributed by atoms with Crippen molar-refractivity contribution in [1.29, 1.82) is 0 Å². The summed E-state index contributed by atoms with van der Waals surface area (Å²) in [5.41, 5.74) is 2.46. The molecule has 0 fully saturated rings. The van der Waals surface area contributed by atoms with Crippen LogP contribution in [0, 0.1) is 0 Å². The number of hydrogen-bond donors (Lipinski definition) is 2. The van der Waals surface area contributed by atoms with E-state index in [9.17, 15) is 14.4 Å². The first kappa shape index (κ1) is 20.6. The number of hydroxylamine groups is 1. The first-order valence-corrected chi connectivity index (χ1v) is 8.25. The molecule has 0 bridgehead atoms. The SMILES string of the molecule is CC(C)(C)OC(=O)NC(C=O)CCCCNOC(=O)c1ccccc1. The number of amides is 1.